The molecule has 252 valence electrons. The first-order valence-corrected chi connectivity index (χ1v) is 18.6. The SMILES string of the molecule is [B]c1c([B])c([B])c(-c2c([B])c(-c3nc(-c4ccccc4)nc(-c4ccc(-c5ccc(-c6ccccc6)cc5)cc4)n3)c3oc4c([B])c([B])c([B])c([B])c4c3c2[B])c([B])c1[B]. The minimum Gasteiger partial charge on any atom is -0.456 e. The van der Waals surface area contributed by atoms with E-state index < -0.39 is 0 Å². The molecule has 4 nitrogen and oxygen atoms in total. The van der Waals surface area contributed by atoms with Crippen molar-refractivity contribution in [3.63, 3.8) is 0 Å². The van der Waals surface area contributed by atoms with Gasteiger partial charge < -0.3 is 4.42 Å². The van der Waals surface area contributed by atoms with E-state index in [9.17, 15) is 0 Å². The second kappa shape index (κ2) is 15.3. The van der Waals surface area contributed by atoms with Crippen molar-refractivity contribution in [2.75, 3.05) is 0 Å². The summed E-state index contributed by atoms with van der Waals surface area (Å²) in [4.78, 5) is 14.9. The van der Waals surface area contributed by atoms with E-state index in [2.05, 4.69) is 36.4 Å². The second-order valence-electron chi connectivity index (χ2n) is 14.4. The third kappa shape index (κ3) is 6.36. The molecule has 0 amide bonds. The van der Waals surface area contributed by atoms with E-state index in [1.807, 2.05) is 72.8 Å². The molecule has 0 bridgehead atoms. The van der Waals surface area contributed by atoms with Gasteiger partial charge in [-0.1, -0.05) is 142 Å². The van der Waals surface area contributed by atoms with Gasteiger partial charge in [0, 0.05) is 21.9 Å². The van der Waals surface area contributed by atoms with Crippen molar-refractivity contribution >= 4 is 168 Å². The zero-order valence-electron chi connectivity index (χ0n) is 32.0. The lowest BCUT2D eigenvalue weighted by atomic mass is 9.58. The van der Waals surface area contributed by atoms with Crippen LogP contribution in [0.4, 0.5) is 0 Å². The van der Waals surface area contributed by atoms with Crippen molar-refractivity contribution in [2.24, 2.45) is 0 Å². The lowest BCUT2D eigenvalue weighted by molar-refractivity contribution is 0.673. The fourth-order valence-electron chi connectivity index (χ4n) is 7.62. The monoisotopic (exact) mass is 737 g/mol. The molecule has 0 unspecified atom stereocenters. The molecule has 2 aromatic heterocycles. The first-order chi connectivity index (χ1) is 28.8. The maximum atomic E-state index is 7.18. The fourth-order valence-corrected chi connectivity index (χ4v) is 7.62. The molecule has 9 rings (SSSR count). The zero-order chi connectivity index (χ0) is 42.1. The molecule has 22 radical (unpaired) electrons. The van der Waals surface area contributed by atoms with Crippen molar-refractivity contribution in [2.45, 2.75) is 0 Å². The molecule has 0 aliphatic carbocycles. The molecule has 9 aromatic rings. The smallest absolute Gasteiger partial charge is 0.167 e. The van der Waals surface area contributed by atoms with E-state index in [-0.39, 0.29) is 105 Å². The molecule has 0 aliphatic heterocycles. The van der Waals surface area contributed by atoms with E-state index in [0.717, 1.165) is 22.3 Å². The highest BCUT2D eigenvalue weighted by Gasteiger charge is 2.28. The molecule has 0 saturated carbocycles. The number of hydrogen-bond acceptors (Lipinski definition) is 4. The Morgan fingerprint density at radius 1 is 0.267 bits per heavy atom. The van der Waals surface area contributed by atoms with Crippen LogP contribution in [-0.4, -0.2) is 101 Å². The maximum Gasteiger partial charge on any atom is 0.167 e. The summed E-state index contributed by atoms with van der Waals surface area (Å²) in [7, 11) is 72.2. The minimum atomic E-state index is -0.0145. The van der Waals surface area contributed by atoms with Gasteiger partial charge >= 0.3 is 0 Å². The zero-order valence-corrected chi connectivity index (χ0v) is 32.0. The van der Waals surface area contributed by atoms with E-state index >= 15 is 0 Å². The molecule has 15 heteroatoms. The summed E-state index contributed by atoms with van der Waals surface area (Å²) >= 11 is 0. The quantitative estimate of drug-likeness (QED) is 0.196. The molecule has 0 fully saturated rings. The highest BCUT2D eigenvalue weighted by Crippen LogP contribution is 2.35. The Balaban J connectivity index is 1.31. The number of benzene rings is 7. The number of hydrogen-bond donors (Lipinski definition) is 0. The van der Waals surface area contributed by atoms with Crippen LogP contribution in [0.2, 0.25) is 0 Å². The molecule has 7 aromatic carbocycles. The molecule has 0 aliphatic rings. The van der Waals surface area contributed by atoms with Gasteiger partial charge in [0.05, 0.1) is 5.56 Å². The predicted octanol–water partition coefficient (Wildman–Crippen LogP) is -1.50. The lowest BCUT2D eigenvalue weighted by Crippen LogP contribution is -2.56. The standard InChI is InChI=1S/C45H18B11N3O/c46-30-25(26-32(48)35(51)38(54)36(52)33(26)49)31(47)29(41-27(30)28-34(50)37(53)39(55)40(56)42(28)60-41)45-58-43(23-9-5-2-6-10-23)57-44(59-45)24-17-15-22(16-18-24)21-13-11-20(12-14-21)19-7-3-1-4-8-19/h1-18H. The third-order valence-electron chi connectivity index (χ3n) is 10.9. The Labute approximate surface area is 362 Å². The highest BCUT2D eigenvalue weighted by atomic mass is 16.3. The van der Waals surface area contributed by atoms with Crippen LogP contribution in [0.3, 0.4) is 0 Å². The summed E-state index contributed by atoms with van der Waals surface area (Å²) in [5.41, 5.74) is 6.59. The van der Waals surface area contributed by atoms with Crippen molar-refractivity contribution in [3.05, 3.63) is 109 Å². The fraction of sp³-hybridized carbons (Fsp3) is 0. The summed E-state index contributed by atoms with van der Waals surface area (Å²) < 4.78 is 6.52. The van der Waals surface area contributed by atoms with Gasteiger partial charge in [0.1, 0.15) is 97.5 Å². The van der Waals surface area contributed by atoms with Crippen molar-refractivity contribution in [1.29, 1.82) is 0 Å². The molecular formula is C45H18B11N3O. The van der Waals surface area contributed by atoms with Gasteiger partial charge in [-0.3, -0.25) is 0 Å². The molecule has 0 spiro atoms. The Kier molecular flexibility index (Phi) is 10.1. The number of aromatic nitrogens is 3. The largest absolute Gasteiger partial charge is 0.456 e. The van der Waals surface area contributed by atoms with Crippen LogP contribution in [0.15, 0.2) is 114 Å². The van der Waals surface area contributed by atoms with Crippen LogP contribution in [0, 0.1) is 0 Å². The Hall–Kier alpha value is -5.94. The molecule has 0 atom stereocenters. The van der Waals surface area contributed by atoms with Gasteiger partial charge in [0.2, 0.25) is 0 Å². The van der Waals surface area contributed by atoms with Gasteiger partial charge in [0.15, 0.2) is 17.5 Å². The molecule has 60 heavy (non-hydrogen) atoms. The van der Waals surface area contributed by atoms with Gasteiger partial charge in [-0.2, -0.15) is 0 Å². The van der Waals surface area contributed by atoms with Crippen LogP contribution in [-0.2, 0) is 0 Å². The third-order valence-corrected chi connectivity index (χ3v) is 10.9. The van der Waals surface area contributed by atoms with Gasteiger partial charge in [0.25, 0.3) is 0 Å². The molecule has 0 N–H and O–H groups in total. The first kappa shape index (κ1) is 39.5. The van der Waals surface area contributed by atoms with E-state index in [0.29, 0.717) is 22.8 Å². The Morgan fingerprint density at radius 3 is 1.13 bits per heavy atom. The molecular weight excluding hydrogens is 717 g/mol. The van der Waals surface area contributed by atoms with Crippen LogP contribution in [0.5, 0.6) is 0 Å². The van der Waals surface area contributed by atoms with Gasteiger partial charge in [-0.25, -0.2) is 15.0 Å². The topological polar surface area (TPSA) is 51.8 Å². The first-order valence-electron chi connectivity index (χ1n) is 18.6. The lowest BCUT2D eigenvalue weighted by Gasteiger charge is -2.26. The van der Waals surface area contributed by atoms with E-state index in [1.165, 1.54) is 0 Å². The minimum absolute atomic E-state index is 0.00560. The van der Waals surface area contributed by atoms with Crippen molar-refractivity contribution < 1.29 is 4.42 Å². The van der Waals surface area contributed by atoms with Gasteiger partial charge in [-0.15, -0.1) is 27.3 Å². The maximum absolute atomic E-state index is 7.18. The van der Waals surface area contributed by atoms with E-state index in [1.54, 1.807) is 0 Å². The number of fused-ring (bicyclic) bond motifs is 3. The van der Waals surface area contributed by atoms with Crippen molar-refractivity contribution in [3.8, 4) is 67.5 Å². The number of furan rings is 1. The molecule has 2 heterocycles. The highest BCUT2D eigenvalue weighted by molar-refractivity contribution is 6.71. The summed E-state index contributed by atoms with van der Waals surface area (Å²) in [6, 6.07) is 35.9. The van der Waals surface area contributed by atoms with Crippen LogP contribution >= 0.6 is 0 Å². The van der Waals surface area contributed by atoms with Gasteiger partial charge in [-0.05, 0) is 33.4 Å². The van der Waals surface area contributed by atoms with Crippen molar-refractivity contribution in [1.82, 2.24) is 15.0 Å². The van der Waals surface area contributed by atoms with Crippen LogP contribution < -0.4 is 60.1 Å². The Bertz CT molecular complexity index is 3170. The predicted molar refractivity (Wildman–Crippen MR) is 259 cm³/mol. The summed E-state index contributed by atoms with van der Waals surface area (Å²) in [5, 5.41) is 0.534. The van der Waals surface area contributed by atoms with Crippen LogP contribution in [0.25, 0.3) is 89.5 Å². The summed E-state index contributed by atoms with van der Waals surface area (Å²) in [6.45, 7) is 0. The number of rotatable bonds is 6. The normalized spacial score (nSPS) is 11.4. The molecule has 0 saturated heterocycles. The second-order valence-corrected chi connectivity index (χ2v) is 14.4. The number of nitrogens with zero attached hydrogens (tertiary/aromatic N) is 3. The average molecular weight is 736 g/mol. The van der Waals surface area contributed by atoms with Crippen LogP contribution in [0.1, 0.15) is 0 Å². The average Bonchev–Trinajstić information content (AvgIpc) is 3.69. The summed E-state index contributed by atoms with van der Waals surface area (Å²) in [6.07, 6.45) is 0. The summed E-state index contributed by atoms with van der Waals surface area (Å²) in [5.74, 6) is 0.777. The van der Waals surface area contributed by atoms with E-state index in [4.69, 9.17) is 106 Å². The Morgan fingerprint density at radius 2 is 0.617 bits per heavy atom.